The van der Waals surface area contributed by atoms with Crippen molar-refractivity contribution in [1.29, 1.82) is 0 Å². The SMILES string of the molecule is CCN(CC)CC(O)c1ccc(Cl)c2ccccc12. The summed E-state index contributed by atoms with van der Waals surface area (Å²) < 4.78 is 0. The van der Waals surface area contributed by atoms with E-state index in [-0.39, 0.29) is 0 Å². The van der Waals surface area contributed by atoms with Crippen LogP contribution in [0.3, 0.4) is 0 Å². The summed E-state index contributed by atoms with van der Waals surface area (Å²) in [6.07, 6.45) is -0.484. The zero-order valence-electron chi connectivity index (χ0n) is 11.4. The lowest BCUT2D eigenvalue weighted by atomic mass is 10.00. The second kappa shape index (κ2) is 6.38. The van der Waals surface area contributed by atoms with Crippen molar-refractivity contribution in [3.63, 3.8) is 0 Å². The smallest absolute Gasteiger partial charge is 0.0922 e. The first-order chi connectivity index (χ1) is 9.17. The lowest BCUT2D eigenvalue weighted by Crippen LogP contribution is -2.28. The lowest BCUT2D eigenvalue weighted by molar-refractivity contribution is 0.120. The fraction of sp³-hybridized carbons (Fsp3) is 0.375. The molecule has 1 atom stereocenters. The maximum absolute atomic E-state index is 10.5. The Kier molecular flexibility index (Phi) is 4.81. The van der Waals surface area contributed by atoms with E-state index in [0.29, 0.717) is 6.54 Å². The number of benzene rings is 2. The summed E-state index contributed by atoms with van der Waals surface area (Å²) in [4.78, 5) is 2.22. The van der Waals surface area contributed by atoms with Gasteiger partial charge in [0.1, 0.15) is 0 Å². The highest BCUT2D eigenvalue weighted by atomic mass is 35.5. The van der Waals surface area contributed by atoms with E-state index in [2.05, 4.69) is 18.7 Å². The molecular weight excluding hydrogens is 258 g/mol. The molecular formula is C16H20ClNO. The number of aliphatic hydroxyl groups excluding tert-OH is 1. The Bertz CT molecular complexity index is 551. The van der Waals surface area contributed by atoms with E-state index in [9.17, 15) is 5.11 Å². The minimum absolute atomic E-state index is 0.484. The first-order valence-electron chi connectivity index (χ1n) is 6.75. The third-order valence-electron chi connectivity index (χ3n) is 3.59. The number of fused-ring (bicyclic) bond motifs is 1. The van der Waals surface area contributed by atoms with Gasteiger partial charge < -0.3 is 10.0 Å². The van der Waals surface area contributed by atoms with Gasteiger partial charge in [-0.3, -0.25) is 0 Å². The average molecular weight is 278 g/mol. The Morgan fingerprint density at radius 3 is 2.32 bits per heavy atom. The monoisotopic (exact) mass is 277 g/mol. The number of nitrogens with zero attached hydrogens (tertiary/aromatic N) is 1. The molecule has 0 aliphatic heterocycles. The molecule has 0 saturated heterocycles. The predicted octanol–water partition coefficient (Wildman–Crippen LogP) is 3.87. The van der Waals surface area contributed by atoms with Gasteiger partial charge >= 0.3 is 0 Å². The molecule has 0 aliphatic rings. The van der Waals surface area contributed by atoms with Gasteiger partial charge in [-0.1, -0.05) is 55.8 Å². The molecule has 0 spiro atoms. The molecule has 0 amide bonds. The molecule has 102 valence electrons. The zero-order chi connectivity index (χ0) is 13.8. The quantitative estimate of drug-likeness (QED) is 0.897. The van der Waals surface area contributed by atoms with Gasteiger partial charge in [-0.25, -0.2) is 0 Å². The Morgan fingerprint density at radius 2 is 1.68 bits per heavy atom. The summed E-state index contributed by atoms with van der Waals surface area (Å²) in [6, 6.07) is 11.7. The predicted molar refractivity (Wildman–Crippen MR) is 81.7 cm³/mol. The number of rotatable bonds is 5. The summed E-state index contributed by atoms with van der Waals surface area (Å²) in [5.74, 6) is 0. The molecule has 2 rings (SSSR count). The van der Waals surface area contributed by atoms with Crippen LogP contribution in [0.4, 0.5) is 0 Å². The van der Waals surface area contributed by atoms with Crippen molar-refractivity contribution in [2.45, 2.75) is 20.0 Å². The fourth-order valence-corrected chi connectivity index (χ4v) is 2.63. The van der Waals surface area contributed by atoms with Gasteiger partial charge in [-0.05, 0) is 30.1 Å². The molecule has 0 bridgehead atoms. The van der Waals surface area contributed by atoms with Crippen molar-refractivity contribution < 1.29 is 5.11 Å². The highest BCUT2D eigenvalue weighted by Crippen LogP contribution is 2.30. The summed E-state index contributed by atoms with van der Waals surface area (Å²) >= 11 is 6.20. The second-order valence-electron chi connectivity index (χ2n) is 4.68. The zero-order valence-corrected chi connectivity index (χ0v) is 12.2. The summed E-state index contributed by atoms with van der Waals surface area (Å²) in [7, 11) is 0. The minimum Gasteiger partial charge on any atom is -0.387 e. The van der Waals surface area contributed by atoms with Crippen LogP contribution in [0.25, 0.3) is 10.8 Å². The van der Waals surface area contributed by atoms with Crippen molar-refractivity contribution in [2.75, 3.05) is 19.6 Å². The summed E-state index contributed by atoms with van der Waals surface area (Å²) in [6.45, 7) is 6.75. The highest BCUT2D eigenvalue weighted by Gasteiger charge is 2.15. The largest absolute Gasteiger partial charge is 0.387 e. The van der Waals surface area contributed by atoms with Gasteiger partial charge in [0.25, 0.3) is 0 Å². The molecule has 0 saturated carbocycles. The Hall–Kier alpha value is -1.09. The molecule has 3 heteroatoms. The molecule has 0 aromatic heterocycles. The van der Waals surface area contributed by atoms with Crippen LogP contribution in [0.15, 0.2) is 36.4 Å². The van der Waals surface area contributed by atoms with Gasteiger partial charge in [0, 0.05) is 17.0 Å². The van der Waals surface area contributed by atoms with Crippen molar-refractivity contribution in [3.05, 3.63) is 47.0 Å². The van der Waals surface area contributed by atoms with Gasteiger partial charge in [0.15, 0.2) is 0 Å². The Morgan fingerprint density at radius 1 is 1.05 bits per heavy atom. The van der Waals surface area contributed by atoms with Crippen LogP contribution in [0.2, 0.25) is 5.02 Å². The van der Waals surface area contributed by atoms with Crippen LogP contribution >= 0.6 is 11.6 Å². The van der Waals surface area contributed by atoms with Crippen molar-refractivity contribution in [3.8, 4) is 0 Å². The van der Waals surface area contributed by atoms with Crippen LogP contribution in [-0.4, -0.2) is 29.6 Å². The molecule has 2 aromatic rings. The van der Waals surface area contributed by atoms with Crippen LogP contribution in [0, 0.1) is 0 Å². The van der Waals surface area contributed by atoms with Crippen LogP contribution in [0.1, 0.15) is 25.5 Å². The van der Waals surface area contributed by atoms with Crippen molar-refractivity contribution in [1.82, 2.24) is 4.90 Å². The first kappa shape index (κ1) is 14.3. The molecule has 1 N–H and O–H groups in total. The highest BCUT2D eigenvalue weighted by molar-refractivity contribution is 6.35. The number of aliphatic hydroxyl groups is 1. The maximum atomic E-state index is 10.5. The number of likely N-dealkylation sites (N-methyl/N-ethyl adjacent to an activating group) is 1. The normalized spacial score (nSPS) is 13.1. The lowest BCUT2D eigenvalue weighted by Gasteiger charge is -2.23. The molecule has 1 unspecified atom stereocenters. The summed E-state index contributed by atoms with van der Waals surface area (Å²) in [5, 5.41) is 13.2. The number of halogens is 1. The van der Waals surface area contributed by atoms with Gasteiger partial charge in [-0.15, -0.1) is 0 Å². The van der Waals surface area contributed by atoms with E-state index in [1.54, 1.807) is 0 Å². The van der Waals surface area contributed by atoms with Crippen LogP contribution in [-0.2, 0) is 0 Å². The van der Waals surface area contributed by atoms with Crippen molar-refractivity contribution >= 4 is 22.4 Å². The van der Waals surface area contributed by atoms with E-state index < -0.39 is 6.10 Å². The molecule has 0 radical (unpaired) electrons. The van der Waals surface area contributed by atoms with E-state index >= 15 is 0 Å². The van der Waals surface area contributed by atoms with E-state index in [0.717, 1.165) is 34.4 Å². The molecule has 2 aromatic carbocycles. The van der Waals surface area contributed by atoms with Crippen LogP contribution < -0.4 is 0 Å². The van der Waals surface area contributed by atoms with E-state index in [1.165, 1.54) is 0 Å². The standard InChI is InChI=1S/C16H20ClNO/c1-3-18(4-2)11-16(19)14-9-10-15(17)13-8-6-5-7-12(13)14/h5-10,16,19H,3-4,11H2,1-2H3. The fourth-order valence-electron chi connectivity index (χ4n) is 2.40. The number of hydrogen-bond acceptors (Lipinski definition) is 2. The average Bonchev–Trinajstić information content (AvgIpc) is 2.45. The summed E-state index contributed by atoms with van der Waals surface area (Å²) in [5.41, 5.74) is 0.951. The van der Waals surface area contributed by atoms with Crippen molar-refractivity contribution in [2.24, 2.45) is 0 Å². The minimum atomic E-state index is -0.484. The van der Waals surface area contributed by atoms with E-state index in [1.807, 2.05) is 36.4 Å². The Labute approximate surface area is 119 Å². The number of hydrogen-bond donors (Lipinski definition) is 1. The molecule has 2 nitrogen and oxygen atoms in total. The van der Waals surface area contributed by atoms with Gasteiger partial charge in [0.05, 0.1) is 6.10 Å². The maximum Gasteiger partial charge on any atom is 0.0922 e. The topological polar surface area (TPSA) is 23.5 Å². The molecule has 19 heavy (non-hydrogen) atoms. The van der Waals surface area contributed by atoms with Gasteiger partial charge in [-0.2, -0.15) is 0 Å². The Balaban J connectivity index is 2.37. The third-order valence-corrected chi connectivity index (χ3v) is 3.92. The molecule has 0 heterocycles. The van der Waals surface area contributed by atoms with Crippen LogP contribution in [0.5, 0.6) is 0 Å². The first-order valence-corrected chi connectivity index (χ1v) is 7.12. The molecule has 0 fully saturated rings. The van der Waals surface area contributed by atoms with E-state index in [4.69, 9.17) is 11.6 Å². The second-order valence-corrected chi connectivity index (χ2v) is 5.09. The van der Waals surface area contributed by atoms with Gasteiger partial charge in [0.2, 0.25) is 0 Å². The third kappa shape index (κ3) is 3.08. The molecule has 0 aliphatic carbocycles.